The molecule has 138 valence electrons. The highest BCUT2D eigenvalue weighted by Crippen LogP contribution is 2.06. The maximum Gasteiger partial charge on any atom is 0.234 e. The molecular formula is C22H29N3O. The van der Waals surface area contributed by atoms with E-state index in [-0.39, 0.29) is 5.91 Å². The molecule has 2 aromatic carbocycles. The second-order valence-electron chi connectivity index (χ2n) is 7.12. The molecule has 4 nitrogen and oxygen atoms in total. The number of benzene rings is 2. The normalized spacial score (nSPS) is 15.7. The summed E-state index contributed by atoms with van der Waals surface area (Å²) in [5.74, 6) is 0.114. The molecule has 4 heteroatoms. The van der Waals surface area contributed by atoms with Crippen LogP contribution in [-0.4, -0.2) is 55.0 Å². The molecule has 2 aromatic rings. The summed E-state index contributed by atoms with van der Waals surface area (Å²) in [6.07, 6.45) is 1.10. The molecule has 1 aliphatic rings. The van der Waals surface area contributed by atoms with Crippen LogP contribution in [0.5, 0.6) is 0 Å². The third-order valence-corrected chi connectivity index (χ3v) is 5.00. The molecule has 0 spiro atoms. The zero-order chi connectivity index (χ0) is 18.2. The smallest absolute Gasteiger partial charge is 0.234 e. The fourth-order valence-electron chi connectivity index (χ4n) is 3.27. The van der Waals surface area contributed by atoms with Gasteiger partial charge < -0.3 is 10.2 Å². The van der Waals surface area contributed by atoms with E-state index in [9.17, 15) is 4.79 Å². The van der Waals surface area contributed by atoms with Gasteiger partial charge in [0.2, 0.25) is 5.91 Å². The highest BCUT2D eigenvalue weighted by Gasteiger charge is 2.18. The molecule has 1 aliphatic heterocycles. The second-order valence-corrected chi connectivity index (χ2v) is 7.12. The van der Waals surface area contributed by atoms with Crippen molar-refractivity contribution < 1.29 is 4.79 Å². The van der Waals surface area contributed by atoms with Gasteiger partial charge in [-0.2, -0.15) is 0 Å². The number of carbonyl (C=O) groups is 1. The first-order valence-electron chi connectivity index (χ1n) is 9.50. The molecule has 1 saturated heterocycles. The Balaban J connectivity index is 1.33. The quantitative estimate of drug-likeness (QED) is 0.832. The third-order valence-electron chi connectivity index (χ3n) is 5.00. The average molecular weight is 351 g/mol. The fourth-order valence-corrected chi connectivity index (χ4v) is 3.27. The highest BCUT2D eigenvalue weighted by atomic mass is 16.2. The number of carbonyl (C=O) groups excluding carboxylic acids is 1. The Morgan fingerprint density at radius 3 is 2.23 bits per heavy atom. The minimum atomic E-state index is 0.114. The van der Waals surface area contributed by atoms with Crippen molar-refractivity contribution in [3.8, 4) is 0 Å². The summed E-state index contributed by atoms with van der Waals surface area (Å²) in [6, 6.07) is 18.9. The van der Waals surface area contributed by atoms with Crippen LogP contribution in [0, 0.1) is 6.92 Å². The molecule has 1 N–H and O–H groups in total. The minimum absolute atomic E-state index is 0.114. The van der Waals surface area contributed by atoms with Gasteiger partial charge in [0.15, 0.2) is 0 Å². The lowest BCUT2D eigenvalue weighted by atomic mass is 10.1. The zero-order valence-corrected chi connectivity index (χ0v) is 15.7. The van der Waals surface area contributed by atoms with E-state index in [0.29, 0.717) is 13.1 Å². The highest BCUT2D eigenvalue weighted by molar-refractivity contribution is 5.78. The molecule has 0 radical (unpaired) electrons. The van der Waals surface area contributed by atoms with Gasteiger partial charge in [-0.05, 0) is 24.5 Å². The average Bonchev–Trinajstić information content (AvgIpc) is 2.68. The lowest BCUT2D eigenvalue weighted by Crippen LogP contribution is -2.49. The molecule has 0 saturated carbocycles. The van der Waals surface area contributed by atoms with Crippen LogP contribution in [0.3, 0.4) is 0 Å². The van der Waals surface area contributed by atoms with E-state index >= 15 is 0 Å². The van der Waals surface area contributed by atoms with Gasteiger partial charge >= 0.3 is 0 Å². The largest absolute Gasteiger partial charge is 0.351 e. The van der Waals surface area contributed by atoms with E-state index in [0.717, 1.165) is 44.7 Å². The van der Waals surface area contributed by atoms with Crippen LogP contribution < -0.4 is 5.32 Å². The molecule has 1 fully saturated rings. The maximum absolute atomic E-state index is 12.2. The molecule has 0 aliphatic carbocycles. The van der Waals surface area contributed by atoms with Crippen molar-refractivity contribution in [1.82, 2.24) is 15.1 Å². The van der Waals surface area contributed by atoms with Crippen LogP contribution in [0.2, 0.25) is 0 Å². The number of rotatable bonds is 7. The summed E-state index contributed by atoms with van der Waals surface area (Å²) in [7, 11) is 0. The summed E-state index contributed by atoms with van der Waals surface area (Å²) in [6.45, 7) is 8.28. The second kappa shape index (κ2) is 9.51. The Bertz CT molecular complexity index is 676. The van der Waals surface area contributed by atoms with E-state index in [2.05, 4.69) is 76.6 Å². The van der Waals surface area contributed by atoms with Crippen LogP contribution in [-0.2, 0) is 17.8 Å². The van der Waals surface area contributed by atoms with Crippen molar-refractivity contribution in [3.63, 3.8) is 0 Å². The van der Waals surface area contributed by atoms with Gasteiger partial charge in [0.25, 0.3) is 0 Å². The molecule has 1 amide bonds. The Kier molecular flexibility index (Phi) is 6.81. The first kappa shape index (κ1) is 18.6. The van der Waals surface area contributed by atoms with E-state index in [4.69, 9.17) is 0 Å². The van der Waals surface area contributed by atoms with Crippen LogP contribution in [0.4, 0.5) is 0 Å². The van der Waals surface area contributed by atoms with Crippen LogP contribution in [0.25, 0.3) is 0 Å². The molecule has 26 heavy (non-hydrogen) atoms. The summed E-state index contributed by atoms with van der Waals surface area (Å²) in [4.78, 5) is 16.9. The number of piperazine rings is 1. The third kappa shape index (κ3) is 5.97. The lowest BCUT2D eigenvalue weighted by Gasteiger charge is -2.34. The van der Waals surface area contributed by atoms with Crippen molar-refractivity contribution in [3.05, 3.63) is 71.3 Å². The number of hydrogen-bond acceptors (Lipinski definition) is 3. The number of amides is 1. The molecule has 0 unspecified atom stereocenters. The van der Waals surface area contributed by atoms with Gasteiger partial charge in [0.05, 0.1) is 6.54 Å². The van der Waals surface area contributed by atoms with Gasteiger partial charge in [-0.25, -0.2) is 0 Å². The zero-order valence-electron chi connectivity index (χ0n) is 15.7. The van der Waals surface area contributed by atoms with Gasteiger partial charge in [0.1, 0.15) is 0 Å². The minimum Gasteiger partial charge on any atom is -0.351 e. The van der Waals surface area contributed by atoms with Crippen molar-refractivity contribution in [2.45, 2.75) is 19.9 Å². The number of nitrogens with zero attached hydrogens (tertiary/aromatic N) is 2. The number of hydrogen-bond donors (Lipinski definition) is 1. The van der Waals surface area contributed by atoms with Crippen LogP contribution >= 0.6 is 0 Å². The van der Waals surface area contributed by atoms with Gasteiger partial charge in [-0.1, -0.05) is 60.2 Å². The standard InChI is InChI=1S/C22H29N3O/c1-19-7-9-21(10-8-19)17-23-22(26)18-25-15-13-24(14-16-25)12-11-20-5-3-2-4-6-20/h2-10H,11-18H2,1H3,(H,23,26). The van der Waals surface area contributed by atoms with Gasteiger partial charge in [-0.3, -0.25) is 9.69 Å². The predicted molar refractivity (Wildman–Crippen MR) is 106 cm³/mol. The van der Waals surface area contributed by atoms with Crippen LogP contribution in [0.1, 0.15) is 16.7 Å². The summed E-state index contributed by atoms with van der Waals surface area (Å²) >= 11 is 0. The number of aryl methyl sites for hydroxylation is 1. The van der Waals surface area contributed by atoms with Crippen molar-refractivity contribution in [2.24, 2.45) is 0 Å². The monoisotopic (exact) mass is 351 g/mol. The lowest BCUT2D eigenvalue weighted by molar-refractivity contribution is -0.122. The number of nitrogens with one attached hydrogen (secondary N) is 1. The Hall–Kier alpha value is -2.17. The van der Waals surface area contributed by atoms with Crippen LogP contribution in [0.15, 0.2) is 54.6 Å². The molecule has 3 rings (SSSR count). The van der Waals surface area contributed by atoms with E-state index < -0.39 is 0 Å². The molecule has 0 atom stereocenters. The van der Waals surface area contributed by atoms with Gasteiger partial charge in [-0.15, -0.1) is 0 Å². The fraction of sp³-hybridized carbons (Fsp3) is 0.409. The molecule has 0 aromatic heterocycles. The maximum atomic E-state index is 12.2. The van der Waals surface area contributed by atoms with E-state index in [1.165, 1.54) is 11.1 Å². The van der Waals surface area contributed by atoms with Crippen molar-refractivity contribution in [2.75, 3.05) is 39.3 Å². The summed E-state index contributed by atoms with van der Waals surface area (Å²) in [5, 5.41) is 3.03. The van der Waals surface area contributed by atoms with Gasteiger partial charge in [0, 0.05) is 39.3 Å². The molecular weight excluding hydrogens is 322 g/mol. The Morgan fingerprint density at radius 2 is 1.54 bits per heavy atom. The van der Waals surface area contributed by atoms with E-state index in [1.54, 1.807) is 0 Å². The summed E-state index contributed by atoms with van der Waals surface area (Å²) in [5.41, 5.74) is 3.78. The first-order valence-corrected chi connectivity index (χ1v) is 9.50. The Labute approximate surface area is 156 Å². The topological polar surface area (TPSA) is 35.6 Å². The molecule has 0 bridgehead atoms. The molecule has 1 heterocycles. The predicted octanol–water partition coefficient (Wildman–Crippen LogP) is 2.47. The van der Waals surface area contributed by atoms with Crippen molar-refractivity contribution in [1.29, 1.82) is 0 Å². The van der Waals surface area contributed by atoms with Crippen molar-refractivity contribution >= 4 is 5.91 Å². The Morgan fingerprint density at radius 1 is 0.885 bits per heavy atom. The first-order chi connectivity index (χ1) is 12.7. The summed E-state index contributed by atoms with van der Waals surface area (Å²) < 4.78 is 0. The van der Waals surface area contributed by atoms with E-state index in [1.807, 2.05) is 0 Å². The SMILES string of the molecule is Cc1ccc(CNC(=O)CN2CCN(CCc3ccccc3)CC2)cc1.